The Morgan fingerprint density at radius 3 is 2.88 bits per heavy atom. The first-order valence-electron chi connectivity index (χ1n) is 6.18. The fraction of sp³-hybridized carbons (Fsp3) is 0.917. The van der Waals surface area contributed by atoms with E-state index in [0.717, 1.165) is 13.0 Å². The highest BCUT2D eigenvalue weighted by Gasteiger charge is 2.26. The first kappa shape index (κ1) is 13.5. The largest absolute Gasteiger partial charge is 0.393 e. The molecule has 1 aliphatic rings. The number of aliphatic hydroxyl groups excluding tert-OH is 1. The lowest BCUT2D eigenvalue weighted by atomic mass is 9.96. The Hall–Kier alpha value is -0.610. The van der Waals surface area contributed by atoms with Crippen LogP contribution in [0.15, 0.2) is 0 Å². The smallest absolute Gasteiger partial charge is 0.224 e. The molecule has 0 bridgehead atoms. The molecule has 1 saturated heterocycles. The Kier molecular flexibility index (Phi) is 5.77. The third-order valence-corrected chi connectivity index (χ3v) is 3.02. The molecule has 0 aromatic carbocycles. The van der Waals surface area contributed by atoms with E-state index in [4.69, 9.17) is 4.74 Å². The Balaban J connectivity index is 2.21. The molecule has 2 unspecified atom stereocenters. The van der Waals surface area contributed by atoms with Crippen LogP contribution in [0.1, 0.15) is 33.1 Å². The van der Waals surface area contributed by atoms with Crippen molar-refractivity contribution in [3.05, 3.63) is 0 Å². The molecule has 0 aromatic heterocycles. The third kappa shape index (κ3) is 4.10. The van der Waals surface area contributed by atoms with E-state index >= 15 is 0 Å². The summed E-state index contributed by atoms with van der Waals surface area (Å²) in [6, 6.07) is 0. The van der Waals surface area contributed by atoms with E-state index in [1.54, 1.807) is 0 Å². The van der Waals surface area contributed by atoms with Crippen LogP contribution in [0.4, 0.5) is 0 Å². The number of rotatable bonds is 5. The number of amides is 1. The highest BCUT2D eigenvalue weighted by atomic mass is 16.5. The van der Waals surface area contributed by atoms with Gasteiger partial charge < -0.3 is 14.7 Å². The zero-order chi connectivity index (χ0) is 12.0. The predicted molar refractivity (Wildman–Crippen MR) is 62.1 cm³/mol. The van der Waals surface area contributed by atoms with E-state index in [9.17, 15) is 9.90 Å². The molecular weight excluding hydrogens is 206 g/mol. The summed E-state index contributed by atoms with van der Waals surface area (Å²) >= 11 is 0. The number of hydrogen-bond donors (Lipinski definition) is 1. The molecule has 4 nitrogen and oxygen atoms in total. The summed E-state index contributed by atoms with van der Waals surface area (Å²) in [4.78, 5) is 13.6. The number of aliphatic hydroxyl groups is 1. The van der Waals surface area contributed by atoms with Crippen molar-refractivity contribution in [2.45, 2.75) is 39.2 Å². The monoisotopic (exact) mass is 229 g/mol. The van der Waals surface area contributed by atoms with Crippen LogP contribution in [0.3, 0.4) is 0 Å². The van der Waals surface area contributed by atoms with Crippen molar-refractivity contribution in [1.29, 1.82) is 0 Å². The van der Waals surface area contributed by atoms with Gasteiger partial charge in [0.05, 0.1) is 19.1 Å². The van der Waals surface area contributed by atoms with Gasteiger partial charge >= 0.3 is 0 Å². The molecule has 1 amide bonds. The molecule has 1 heterocycles. The minimum Gasteiger partial charge on any atom is -0.393 e. The maximum Gasteiger partial charge on any atom is 0.224 e. The molecule has 2 atom stereocenters. The van der Waals surface area contributed by atoms with E-state index in [-0.39, 0.29) is 17.9 Å². The third-order valence-electron chi connectivity index (χ3n) is 3.02. The van der Waals surface area contributed by atoms with E-state index in [1.165, 1.54) is 0 Å². The van der Waals surface area contributed by atoms with Gasteiger partial charge in [0.15, 0.2) is 0 Å². The SMILES string of the molecule is CCCOCCC(=O)N1CCC(O)C(C)C1. The Bertz CT molecular complexity index is 220. The van der Waals surface area contributed by atoms with Gasteiger partial charge in [-0.1, -0.05) is 13.8 Å². The molecule has 0 aromatic rings. The topological polar surface area (TPSA) is 49.8 Å². The minimum absolute atomic E-state index is 0.148. The fourth-order valence-electron chi connectivity index (χ4n) is 1.92. The van der Waals surface area contributed by atoms with Gasteiger partial charge in [-0.25, -0.2) is 0 Å². The van der Waals surface area contributed by atoms with Crippen molar-refractivity contribution < 1.29 is 14.6 Å². The van der Waals surface area contributed by atoms with Crippen LogP contribution in [-0.4, -0.2) is 48.3 Å². The number of nitrogens with zero attached hydrogens (tertiary/aromatic N) is 1. The van der Waals surface area contributed by atoms with Crippen LogP contribution in [0, 0.1) is 5.92 Å². The molecule has 94 valence electrons. The molecule has 1 aliphatic heterocycles. The number of piperidine rings is 1. The van der Waals surface area contributed by atoms with Gasteiger partial charge in [0, 0.05) is 19.7 Å². The molecular formula is C12H23NO3. The summed E-state index contributed by atoms with van der Waals surface area (Å²) in [7, 11) is 0. The van der Waals surface area contributed by atoms with Gasteiger partial charge in [0.2, 0.25) is 5.91 Å². The zero-order valence-electron chi connectivity index (χ0n) is 10.3. The molecule has 0 spiro atoms. The summed E-state index contributed by atoms with van der Waals surface area (Å²) in [6.07, 6.45) is 1.90. The minimum atomic E-state index is -0.250. The van der Waals surface area contributed by atoms with Gasteiger partial charge in [-0.3, -0.25) is 4.79 Å². The van der Waals surface area contributed by atoms with E-state index in [0.29, 0.717) is 32.5 Å². The van der Waals surface area contributed by atoms with Crippen LogP contribution in [0.2, 0.25) is 0 Å². The lowest BCUT2D eigenvalue weighted by Gasteiger charge is -2.34. The fourth-order valence-corrected chi connectivity index (χ4v) is 1.92. The summed E-state index contributed by atoms with van der Waals surface area (Å²) < 4.78 is 5.30. The number of carbonyl (C=O) groups excluding carboxylic acids is 1. The van der Waals surface area contributed by atoms with Crippen molar-refractivity contribution in [3.8, 4) is 0 Å². The van der Waals surface area contributed by atoms with Crippen molar-refractivity contribution in [3.63, 3.8) is 0 Å². The lowest BCUT2D eigenvalue weighted by Crippen LogP contribution is -2.45. The standard InChI is InChI=1S/C12H23NO3/c1-3-7-16-8-5-12(15)13-6-4-11(14)10(2)9-13/h10-11,14H,3-9H2,1-2H3. The average Bonchev–Trinajstić information content (AvgIpc) is 2.28. The maximum atomic E-state index is 11.8. The number of hydrogen-bond acceptors (Lipinski definition) is 3. The summed E-state index contributed by atoms with van der Waals surface area (Å²) in [5.41, 5.74) is 0. The molecule has 4 heteroatoms. The predicted octanol–water partition coefficient (Wildman–Crippen LogP) is 1.03. The first-order chi connectivity index (χ1) is 7.65. The van der Waals surface area contributed by atoms with Crippen molar-refractivity contribution in [2.24, 2.45) is 5.92 Å². The van der Waals surface area contributed by atoms with Crippen molar-refractivity contribution in [2.75, 3.05) is 26.3 Å². The Morgan fingerprint density at radius 2 is 2.25 bits per heavy atom. The molecule has 0 aliphatic carbocycles. The summed E-state index contributed by atoms with van der Waals surface area (Å²) in [5, 5.41) is 9.56. The first-order valence-corrected chi connectivity index (χ1v) is 6.18. The summed E-state index contributed by atoms with van der Waals surface area (Å²) in [6.45, 7) is 6.63. The normalized spacial score (nSPS) is 25.8. The second-order valence-corrected chi connectivity index (χ2v) is 4.54. The number of ether oxygens (including phenoxy) is 1. The number of carbonyl (C=O) groups is 1. The Morgan fingerprint density at radius 1 is 1.50 bits per heavy atom. The molecule has 1 fully saturated rings. The lowest BCUT2D eigenvalue weighted by molar-refractivity contribution is -0.135. The van der Waals surface area contributed by atoms with Crippen molar-refractivity contribution >= 4 is 5.91 Å². The zero-order valence-corrected chi connectivity index (χ0v) is 10.3. The van der Waals surface area contributed by atoms with Crippen LogP contribution >= 0.6 is 0 Å². The molecule has 0 radical (unpaired) electrons. The number of likely N-dealkylation sites (tertiary alicyclic amines) is 1. The van der Waals surface area contributed by atoms with E-state index < -0.39 is 0 Å². The highest BCUT2D eigenvalue weighted by molar-refractivity contribution is 5.76. The van der Waals surface area contributed by atoms with E-state index in [1.807, 2.05) is 11.8 Å². The Labute approximate surface area is 97.6 Å². The van der Waals surface area contributed by atoms with Gasteiger partial charge in [-0.15, -0.1) is 0 Å². The van der Waals surface area contributed by atoms with Gasteiger partial charge in [-0.2, -0.15) is 0 Å². The second kappa shape index (κ2) is 6.86. The summed E-state index contributed by atoms with van der Waals surface area (Å²) in [5.74, 6) is 0.337. The van der Waals surface area contributed by atoms with Gasteiger partial charge in [0.25, 0.3) is 0 Å². The van der Waals surface area contributed by atoms with Crippen LogP contribution in [-0.2, 0) is 9.53 Å². The highest BCUT2D eigenvalue weighted by Crippen LogP contribution is 2.17. The molecule has 0 saturated carbocycles. The van der Waals surface area contributed by atoms with Gasteiger partial charge in [-0.05, 0) is 18.8 Å². The van der Waals surface area contributed by atoms with E-state index in [2.05, 4.69) is 6.92 Å². The van der Waals surface area contributed by atoms with Crippen LogP contribution < -0.4 is 0 Å². The van der Waals surface area contributed by atoms with Crippen LogP contribution in [0.5, 0.6) is 0 Å². The average molecular weight is 229 g/mol. The van der Waals surface area contributed by atoms with Crippen molar-refractivity contribution in [1.82, 2.24) is 4.90 Å². The van der Waals surface area contributed by atoms with Gasteiger partial charge in [0.1, 0.15) is 0 Å². The maximum absolute atomic E-state index is 11.8. The quantitative estimate of drug-likeness (QED) is 0.716. The molecule has 1 rings (SSSR count). The second-order valence-electron chi connectivity index (χ2n) is 4.54. The molecule has 1 N–H and O–H groups in total. The van der Waals surface area contributed by atoms with Crippen LogP contribution in [0.25, 0.3) is 0 Å². The molecule has 16 heavy (non-hydrogen) atoms.